The molecule has 1 aromatic carbocycles. The third-order valence-electron chi connectivity index (χ3n) is 4.86. The zero-order valence-electron chi connectivity index (χ0n) is 15.8. The van der Waals surface area contributed by atoms with Gasteiger partial charge in [0, 0.05) is 44.1 Å². The summed E-state index contributed by atoms with van der Waals surface area (Å²) in [6.07, 6.45) is 2.39. The standard InChI is InChI=1S/C20H20FN5O3/c1-13(27)16-17(14-3-5-15(21)6-4-14)24-29-18(16)19(28)25-9-11-26(12-10-25)20-22-7-2-8-23-20/h2-8,13,27H,9-12H2,1H3. The maximum absolute atomic E-state index is 13.2. The molecule has 1 amide bonds. The van der Waals surface area contributed by atoms with Crippen molar-refractivity contribution < 1.29 is 18.8 Å². The molecule has 1 N–H and O–H groups in total. The van der Waals surface area contributed by atoms with Crippen LogP contribution in [0.25, 0.3) is 11.3 Å². The predicted molar refractivity (Wildman–Crippen MR) is 103 cm³/mol. The van der Waals surface area contributed by atoms with Gasteiger partial charge in [-0.15, -0.1) is 0 Å². The van der Waals surface area contributed by atoms with Gasteiger partial charge in [0.1, 0.15) is 11.5 Å². The van der Waals surface area contributed by atoms with E-state index in [1.165, 1.54) is 24.3 Å². The van der Waals surface area contributed by atoms with Gasteiger partial charge in [-0.05, 0) is 37.3 Å². The molecule has 1 unspecified atom stereocenters. The molecule has 2 aromatic heterocycles. The van der Waals surface area contributed by atoms with Crippen molar-refractivity contribution in [3.63, 3.8) is 0 Å². The first-order chi connectivity index (χ1) is 14.0. The predicted octanol–water partition coefficient (Wildman–Crippen LogP) is 2.29. The number of piperazine rings is 1. The van der Waals surface area contributed by atoms with Crippen LogP contribution in [0.5, 0.6) is 0 Å². The summed E-state index contributed by atoms with van der Waals surface area (Å²) in [7, 11) is 0. The van der Waals surface area contributed by atoms with Crippen LogP contribution in [-0.4, -0.2) is 57.2 Å². The van der Waals surface area contributed by atoms with Gasteiger partial charge in [0.05, 0.1) is 11.7 Å². The summed E-state index contributed by atoms with van der Waals surface area (Å²) in [4.78, 5) is 25.2. The van der Waals surface area contributed by atoms with Gasteiger partial charge in [0.25, 0.3) is 5.91 Å². The number of halogens is 1. The average Bonchev–Trinajstić information content (AvgIpc) is 3.20. The van der Waals surface area contributed by atoms with Gasteiger partial charge in [-0.1, -0.05) is 5.16 Å². The molecule has 150 valence electrons. The first-order valence-electron chi connectivity index (χ1n) is 9.29. The van der Waals surface area contributed by atoms with Crippen molar-refractivity contribution >= 4 is 11.9 Å². The van der Waals surface area contributed by atoms with Crippen LogP contribution >= 0.6 is 0 Å². The van der Waals surface area contributed by atoms with E-state index in [1.54, 1.807) is 30.3 Å². The fourth-order valence-corrected chi connectivity index (χ4v) is 3.36. The Morgan fingerprint density at radius 1 is 1.14 bits per heavy atom. The largest absolute Gasteiger partial charge is 0.388 e. The van der Waals surface area contributed by atoms with Gasteiger partial charge in [-0.2, -0.15) is 0 Å². The van der Waals surface area contributed by atoms with Crippen molar-refractivity contribution in [2.75, 3.05) is 31.1 Å². The van der Waals surface area contributed by atoms with Crippen LogP contribution in [0, 0.1) is 5.82 Å². The molecule has 29 heavy (non-hydrogen) atoms. The summed E-state index contributed by atoms with van der Waals surface area (Å²) in [6, 6.07) is 7.41. The second-order valence-corrected chi connectivity index (χ2v) is 6.78. The van der Waals surface area contributed by atoms with Gasteiger partial charge < -0.3 is 19.4 Å². The molecule has 0 saturated carbocycles. The molecule has 1 atom stereocenters. The molecule has 4 rings (SSSR count). The second kappa shape index (κ2) is 7.96. The summed E-state index contributed by atoms with van der Waals surface area (Å²) in [5.74, 6) is -0.0888. The third-order valence-corrected chi connectivity index (χ3v) is 4.86. The van der Waals surface area contributed by atoms with Crippen LogP contribution in [0.2, 0.25) is 0 Å². The Kier molecular flexibility index (Phi) is 5.22. The van der Waals surface area contributed by atoms with E-state index < -0.39 is 6.10 Å². The van der Waals surface area contributed by atoms with Crippen molar-refractivity contribution in [2.24, 2.45) is 0 Å². The van der Waals surface area contributed by atoms with E-state index >= 15 is 0 Å². The van der Waals surface area contributed by atoms with E-state index in [4.69, 9.17) is 4.52 Å². The summed E-state index contributed by atoms with van der Waals surface area (Å²) in [5.41, 5.74) is 1.20. The molecule has 3 heterocycles. The van der Waals surface area contributed by atoms with E-state index in [1.807, 2.05) is 4.90 Å². The molecule has 8 nitrogen and oxygen atoms in total. The van der Waals surface area contributed by atoms with Gasteiger partial charge in [-0.25, -0.2) is 14.4 Å². The quantitative estimate of drug-likeness (QED) is 0.722. The van der Waals surface area contributed by atoms with Crippen LogP contribution < -0.4 is 4.90 Å². The highest BCUT2D eigenvalue weighted by Crippen LogP contribution is 2.31. The van der Waals surface area contributed by atoms with Crippen LogP contribution in [0.3, 0.4) is 0 Å². The smallest absolute Gasteiger partial charge is 0.293 e. The first kappa shape index (κ1) is 19.0. The van der Waals surface area contributed by atoms with Crippen LogP contribution in [0.15, 0.2) is 47.2 Å². The monoisotopic (exact) mass is 397 g/mol. The number of carbonyl (C=O) groups is 1. The molecule has 3 aromatic rings. The molecule has 0 bridgehead atoms. The van der Waals surface area contributed by atoms with Gasteiger partial charge in [-0.3, -0.25) is 4.79 Å². The fourth-order valence-electron chi connectivity index (χ4n) is 3.36. The molecule has 1 fully saturated rings. The number of rotatable bonds is 4. The number of anilines is 1. The fraction of sp³-hybridized carbons (Fsp3) is 0.300. The van der Waals surface area contributed by atoms with Crippen molar-refractivity contribution in [1.82, 2.24) is 20.0 Å². The van der Waals surface area contributed by atoms with E-state index in [0.717, 1.165) is 0 Å². The lowest BCUT2D eigenvalue weighted by molar-refractivity contribution is 0.0696. The number of nitrogens with zero attached hydrogens (tertiary/aromatic N) is 5. The van der Waals surface area contributed by atoms with Crippen molar-refractivity contribution in [1.29, 1.82) is 0 Å². The second-order valence-electron chi connectivity index (χ2n) is 6.78. The molecule has 0 aliphatic carbocycles. The summed E-state index contributed by atoms with van der Waals surface area (Å²) < 4.78 is 18.6. The number of hydrogen-bond acceptors (Lipinski definition) is 7. The Morgan fingerprint density at radius 3 is 2.41 bits per heavy atom. The molecule has 1 aliphatic heterocycles. The van der Waals surface area contributed by atoms with Crippen molar-refractivity contribution in [3.05, 3.63) is 59.9 Å². The minimum absolute atomic E-state index is 0.00346. The molecular weight excluding hydrogens is 377 g/mol. The number of benzene rings is 1. The zero-order valence-corrected chi connectivity index (χ0v) is 15.8. The number of aromatic nitrogens is 3. The van der Waals surface area contributed by atoms with Crippen LogP contribution in [0.4, 0.5) is 10.3 Å². The Morgan fingerprint density at radius 2 is 1.79 bits per heavy atom. The molecule has 0 radical (unpaired) electrons. The molecule has 1 aliphatic rings. The molecular formula is C20H20FN5O3. The number of amides is 1. The minimum atomic E-state index is -0.973. The lowest BCUT2D eigenvalue weighted by Gasteiger charge is -2.34. The lowest BCUT2D eigenvalue weighted by Crippen LogP contribution is -2.49. The average molecular weight is 397 g/mol. The third kappa shape index (κ3) is 3.81. The number of aliphatic hydroxyl groups is 1. The van der Waals surface area contributed by atoms with E-state index in [2.05, 4.69) is 15.1 Å². The highest BCUT2D eigenvalue weighted by molar-refractivity contribution is 5.94. The van der Waals surface area contributed by atoms with E-state index in [-0.39, 0.29) is 17.5 Å². The van der Waals surface area contributed by atoms with Gasteiger partial charge in [0.2, 0.25) is 11.7 Å². The zero-order chi connectivity index (χ0) is 20.4. The molecule has 1 saturated heterocycles. The highest BCUT2D eigenvalue weighted by Gasteiger charge is 2.31. The van der Waals surface area contributed by atoms with Crippen LogP contribution in [0.1, 0.15) is 29.1 Å². The summed E-state index contributed by atoms with van der Waals surface area (Å²) in [5, 5.41) is 14.2. The van der Waals surface area contributed by atoms with E-state index in [0.29, 0.717) is 48.9 Å². The van der Waals surface area contributed by atoms with Gasteiger partial charge >= 0.3 is 0 Å². The SMILES string of the molecule is CC(O)c1c(-c2ccc(F)cc2)noc1C(=O)N1CCN(c2ncccn2)CC1. The maximum Gasteiger partial charge on any atom is 0.293 e. The molecule has 9 heteroatoms. The normalized spacial score (nSPS) is 15.4. The molecule has 0 spiro atoms. The number of aliphatic hydroxyl groups excluding tert-OH is 1. The summed E-state index contributed by atoms with van der Waals surface area (Å²) in [6.45, 7) is 3.63. The Labute approximate surface area is 166 Å². The topological polar surface area (TPSA) is 95.6 Å². The Bertz CT molecular complexity index is 983. The maximum atomic E-state index is 13.2. The summed E-state index contributed by atoms with van der Waals surface area (Å²) >= 11 is 0. The van der Waals surface area contributed by atoms with Crippen molar-refractivity contribution in [2.45, 2.75) is 13.0 Å². The van der Waals surface area contributed by atoms with Crippen molar-refractivity contribution in [3.8, 4) is 11.3 Å². The Hall–Kier alpha value is -3.33. The first-order valence-corrected chi connectivity index (χ1v) is 9.29. The van der Waals surface area contributed by atoms with E-state index in [9.17, 15) is 14.3 Å². The highest BCUT2D eigenvalue weighted by atomic mass is 19.1. The Balaban J connectivity index is 1.54. The minimum Gasteiger partial charge on any atom is -0.388 e. The van der Waals surface area contributed by atoms with Gasteiger partial charge in [0.15, 0.2) is 0 Å². The number of carbonyl (C=O) groups excluding carboxylic acids is 1. The lowest BCUT2D eigenvalue weighted by atomic mass is 10.0. The van der Waals surface area contributed by atoms with Crippen LogP contribution in [-0.2, 0) is 0 Å². The number of hydrogen-bond donors (Lipinski definition) is 1.